The van der Waals surface area contributed by atoms with Crippen LogP contribution in [0, 0.1) is 25.7 Å². The summed E-state index contributed by atoms with van der Waals surface area (Å²) in [5, 5.41) is 12.6. The van der Waals surface area contributed by atoms with E-state index in [9.17, 15) is 19.5 Å². The number of piperidine rings is 1. The number of benzene rings is 1. The topological polar surface area (TPSA) is 99.6 Å². The van der Waals surface area contributed by atoms with Crippen LogP contribution >= 0.6 is 0 Å². The van der Waals surface area contributed by atoms with E-state index in [1.54, 1.807) is 17.3 Å². The molecular formula is C28H37N3O4. The number of nitrogens with one attached hydrogen (secondary N) is 1. The van der Waals surface area contributed by atoms with Crippen LogP contribution in [-0.2, 0) is 14.4 Å². The number of nitrogens with zero attached hydrogens (tertiary/aromatic N) is 2. The van der Waals surface area contributed by atoms with Gasteiger partial charge in [-0.3, -0.25) is 19.4 Å². The molecule has 1 saturated heterocycles. The number of carboxylic acid groups (broad SMARTS) is 1. The summed E-state index contributed by atoms with van der Waals surface area (Å²) in [7, 11) is 0. The lowest BCUT2D eigenvalue weighted by atomic mass is 9.93. The van der Waals surface area contributed by atoms with Gasteiger partial charge in [0.2, 0.25) is 11.8 Å². The molecule has 0 aliphatic carbocycles. The number of aromatic nitrogens is 1. The molecule has 2 aromatic rings. The average Bonchev–Trinajstić information content (AvgIpc) is 2.77. The highest BCUT2D eigenvalue weighted by molar-refractivity contribution is 5.88. The second-order valence-corrected chi connectivity index (χ2v) is 10.3. The minimum absolute atomic E-state index is 0.0157. The molecule has 2 amide bonds. The third kappa shape index (κ3) is 6.68. The minimum Gasteiger partial charge on any atom is -0.481 e. The second-order valence-electron chi connectivity index (χ2n) is 10.3. The zero-order chi connectivity index (χ0) is 25.7. The Kier molecular flexibility index (Phi) is 8.65. The summed E-state index contributed by atoms with van der Waals surface area (Å²) in [4.78, 5) is 44.1. The van der Waals surface area contributed by atoms with Gasteiger partial charge in [0.25, 0.3) is 0 Å². The van der Waals surface area contributed by atoms with E-state index < -0.39 is 18.1 Å². The Morgan fingerprint density at radius 2 is 1.89 bits per heavy atom. The van der Waals surface area contributed by atoms with Crippen molar-refractivity contribution in [2.75, 3.05) is 6.54 Å². The maximum Gasteiger partial charge on any atom is 0.305 e. The van der Waals surface area contributed by atoms with Crippen LogP contribution in [0.1, 0.15) is 69.2 Å². The average molecular weight is 480 g/mol. The molecule has 7 nitrogen and oxygen atoms in total. The number of carbonyl (C=O) groups is 3. The first-order valence-corrected chi connectivity index (χ1v) is 12.4. The van der Waals surface area contributed by atoms with Crippen LogP contribution in [-0.4, -0.2) is 45.4 Å². The van der Waals surface area contributed by atoms with Crippen molar-refractivity contribution >= 4 is 17.8 Å². The number of pyridine rings is 1. The number of carboxylic acids is 1. The molecule has 2 N–H and O–H groups in total. The number of aryl methyl sites for hydroxylation is 2. The van der Waals surface area contributed by atoms with E-state index in [-0.39, 0.29) is 24.2 Å². The quantitative estimate of drug-likeness (QED) is 0.544. The van der Waals surface area contributed by atoms with Crippen molar-refractivity contribution in [2.24, 2.45) is 11.8 Å². The van der Waals surface area contributed by atoms with Crippen molar-refractivity contribution in [1.82, 2.24) is 15.2 Å². The van der Waals surface area contributed by atoms with Crippen LogP contribution in [0.5, 0.6) is 0 Å². The van der Waals surface area contributed by atoms with Gasteiger partial charge in [-0.15, -0.1) is 0 Å². The predicted octanol–water partition coefficient (Wildman–Crippen LogP) is 4.67. The van der Waals surface area contributed by atoms with Gasteiger partial charge >= 0.3 is 5.97 Å². The van der Waals surface area contributed by atoms with Gasteiger partial charge in [-0.1, -0.05) is 39.0 Å². The number of hydrogen-bond donors (Lipinski definition) is 2. The highest BCUT2D eigenvalue weighted by Crippen LogP contribution is 2.30. The normalized spacial score (nSPS) is 17.8. The predicted molar refractivity (Wildman–Crippen MR) is 136 cm³/mol. The summed E-state index contributed by atoms with van der Waals surface area (Å²) in [5.74, 6) is -0.843. The SMILES string of the molecule is Cc1cccc(C)c1-c1cncc(C(CC(=O)O)NC(=O)[C@H](CC(C)C)N2CCC(C)CC2=O)c1. The van der Waals surface area contributed by atoms with E-state index in [1.807, 2.05) is 58.9 Å². The molecule has 7 heteroatoms. The van der Waals surface area contributed by atoms with E-state index in [2.05, 4.69) is 10.3 Å². The van der Waals surface area contributed by atoms with Crippen molar-refractivity contribution in [2.45, 2.75) is 72.4 Å². The monoisotopic (exact) mass is 479 g/mol. The van der Waals surface area contributed by atoms with Gasteiger partial charge in [0.1, 0.15) is 6.04 Å². The molecule has 1 aromatic carbocycles. The fourth-order valence-electron chi connectivity index (χ4n) is 4.90. The van der Waals surface area contributed by atoms with Crippen LogP contribution in [0.3, 0.4) is 0 Å². The summed E-state index contributed by atoms with van der Waals surface area (Å²) < 4.78 is 0. The van der Waals surface area contributed by atoms with E-state index >= 15 is 0 Å². The second kappa shape index (κ2) is 11.5. The zero-order valence-electron chi connectivity index (χ0n) is 21.4. The van der Waals surface area contributed by atoms with Crippen LogP contribution in [0.15, 0.2) is 36.7 Å². The minimum atomic E-state index is -1.02. The molecule has 2 unspecified atom stereocenters. The van der Waals surface area contributed by atoms with Crippen LogP contribution < -0.4 is 5.32 Å². The van der Waals surface area contributed by atoms with E-state index in [4.69, 9.17) is 0 Å². The van der Waals surface area contributed by atoms with E-state index in [0.29, 0.717) is 30.9 Å². The van der Waals surface area contributed by atoms with Crippen molar-refractivity contribution in [1.29, 1.82) is 0 Å². The number of hydrogen-bond acceptors (Lipinski definition) is 4. The van der Waals surface area contributed by atoms with Gasteiger partial charge in [0, 0.05) is 30.9 Å². The molecule has 1 aliphatic rings. The Balaban J connectivity index is 1.91. The first-order chi connectivity index (χ1) is 16.6. The molecule has 188 valence electrons. The molecule has 0 bridgehead atoms. The standard InChI is InChI=1S/C28H37N3O4/c1-17(2)11-24(31-10-9-18(3)12-25(31)32)28(35)30-23(14-26(33)34)21-13-22(16-29-15-21)27-19(4)7-6-8-20(27)5/h6-8,13,15-18,23-24H,9-12,14H2,1-5H3,(H,30,35)(H,33,34)/t18?,23?,24-/m0/s1. The van der Waals surface area contributed by atoms with Gasteiger partial charge in [-0.2, -0.15) is 0 Å². The number of aliphatic carboxylic acids is 1. The summed E-state index contributed by atoms with van der Waals surface area (Å²) in [6.07, 6.45) is 4.90. The van der Waals surface area contributed by atoms with Crippen molar-refractivity contribution in [3.8, 4) is 11.1 Å². The fourth-order valence-corrected chi connectivity index (χ4v) is 4.90. The molecule has 3 rings (SSSR count). The van der Waals surface area contributed by atoms with E-state index in [0.717, 1.165) is 28.7 Å². The van der Waals surface area contributed by atoms with Gasteiger partial charge in [-0.05, 0) is 66.8 Å². The molecule has 35 heavy (non-hydrogen) atoms. The van der Waals surface area contributed by atoms with E-state index in [1.165, 1.54) is 0 Å². The Hall–Kier alpha value is -3.22. The van der Waals surface area contributed by atoms with Crippen LogP contribution in [0.2, 0.25) is 0 Å². The lowest BCUT2D eigenvalue weighted by Crippen LogP contribution is -2.53. The summed E-state index contributed by atoms with van der Waals surface area (Å²) in [5.41, 5.74) is 4.74. The molecule has 2 heterocycles. The highest BCUT2D eigenvalue weighted by atomic mass is 16.4. The Morgan fingerprint density at radius 1 is 1.20 bits per heavy atom. The number of amides is 2. The summed E-state index contributed by atoms with van der Waals surface area (Å²) >= 11 is 0. The molecule has 0 radical (unpaired) electrons. The molecule has 1 aromatic heterocycles. The Bertz CT molecular complexity index is 1060. The Labute approximate surface area is 207 Å². The van der Waals surface area contributed by atoms with Crippen molar-refractivity contribution in [3.63, 3.8) is 0 Å². The lowest BCUT2D eigenvalue weighted by Gasteiger charge is -2.37. The molecular weight excluding hydrogens is 442 g/mol. The molecule has 0 saturated carbocycles. The van der Waals surface area contributed by atoms with Crippen LogP contribution in [0.4, 0.5) is 0 Å². The Morgan fingerprint density at radius 3 is 2.49 bits per heavy atom. The smallest absolute Gasteiger partial charge is 0.305 e. The summed E-state index contributed by atoms with van der Waals surface area (Å²) in [6.45, 7) is 10.7. The van der Waals surface area contributed by atoms with Crippen molar-refractivity contribution < 1.29 is 19.5 Å². The lowest BCUT2D eigenvalue weighted by molar-refractivity contribution is -0.145. The third-order valence-electron chi connectivity index (χ3n) is 6.71. The van der Waals surface area contributed by atoms with Crippen LogP contribution in [0.25, 0.3) is 11.1 Å². The first-order valence-electron chi connectivity index (χ1n) is 12.4. The van der Waals surface area contributed by atoms with Gasteiger partial charge in [0.05, 0.1) is 12.5 Å². The molecule has 1 fully saturated rings. The number of rotatable bonds is 9. The van der Waals surface area contributed by atoms with Crippen molar-refractivity contribution in [3.05, 3.63) is 53.3 Å². The zero-order valence-corrected chi connectivity index (χ0v) is 21.4. The van der Waals surface area contributed by atoms with Gasteiger partial charge < -0.3 is 15.3 Å². The maximum absolute atomic E-state index is 13.5. The number of likely N-dealkylation sites (tertiary alicyclic amines) is 1. The molecule has 0 spiro atoms. The fraction of sp³-hybridized carbons (Fsp3) is 0.500. The van der Waals surface area contributed by atoms with Gasteiger partial charge in [0.15, 0.2) is 0 Å². The largest absolute Gasteiger partial charge is 0.481 e. The molecule has 1 aliphatic heterocycles. The van der Waals surface area contributed by atoms with Gasteiger partial charge in [-0.25, -0.2) is 0 Å². The maximum atomic E-state index is 13.5. The molecule has 3 atom stereocenters. The highest BCUT2D eigenvalue weighted by Gasteiger charge is 2.35. The third-order valence-corrected chi connectivity index (χ3v) is 6.71. The first kappa shape index (κ1) is 26.4. The summed E-state index contributed by atoms with van der Waals surface area (Å²) in [6, 6.07) is 6.57. The number of carbonyl (C=O) groups excluding carboxylic acids is 2.